The lowest BCUT2D eigenvalue weighted by atomic mass is 9.97. The molecule has 1 aromatic rings. The van der Waals surface area contributed by atoms with E-state index in [1.54, 1.807) is 20.8 Å². The second-order valence-electron chi connectivity index (χ2n) is 5.53. The van der Waals surface area contributed by atoms with Crippen LogP contribution in [-0.4, -0.2) is 23.8 Å². The predicted octanol–water partition coefficient (Wildman–Crippen LogP) is 2.57. The summed E-state index contributed by atoms with van der Waals surface area (Å²) in [6.45, 7) is 5.46. The number of hydrogen-bond donors (Lipinski definition) is 1. The first-order chi connectivity index (χ1) is 8.39. The van der Waals surface area contributed by atoms with Crippen LogP contribution in [0.25, 0.3) is 0 Å². The second-order valence-corrected chi connectivity index (χ2v) is 5.53. The van der Waals surface area contributed by atoms with Gasteiger partial charge in [0.05, 0.1) is 11.5 Å². The molecule has 0 radical (unpaired) electrons. The van der Waals surface area contributed by atoms with Gasteiger partial charge in [0.25, 0.3) is 0 Å². The summed E-state index contributed by atoms with van der Waals surface area (Å²) in [6.07, 6.45) is 0.785. The minimum atomic E-state index is -0.600. The molecule has 18 heavy (non-hydrogen) atoms. The summed E-state index contributed by atoms with van der Waals surface area (Å²) in [4.78, 5) is 11.5. The van der Waals surface area contributed by atoms with Crippen LogP contribution in [0.3, 0.4) is 0 Å². The molecular weight excluding hydrogens is 228 g/mol. The van der Waals surface area contributed by atoms with Crippen molar-refractivity contribution in [2.24, 2.45) is 5.41 Å². The van der Waals surface area contributed by atoms with Crippen LogP contribution in [0.2, 0.25) is 0 Å². The van der Waals surface area contributed by atoms with E-state index in [0.717, 1.165) is 6.42 Å². The van der Waals surface area contributed by atoms with Crippen LogP contribution in [0.1, 0.15) is 32.8 Å². The molecule has 0 aliphatic heterocycles. The molecule has 1 N–H and O–H groups in total. The Morgan fingerprint density at radius 3 is 2.44 bits per heavy atom. The molecule has 3 heteroatoms. The van der Waals surface area contributed by atoms with Crippen LogP contribution in [-0.2, 0) is 16.0 Å². The Morgan fingerprint density at radius 1 is 1.28 bits per heavy atom. The van der Waals surface area contributed by atoms with Gasteiger partial charge >= 0.3 is 5.97 Å². The summed E-state index contributed by atoms with van der Waals surface area (Å²) in [5.74, 6) is -0.277. The summed E-state index contributed by atoms with van der Waals surface area (Å²) >= 11 is 0. The molecule has 1 rings (SSSR count). The Morgan fingerprint density at radius 2 is 1.89 bits per heavy atom. The number of carbonyl (C=O) groups is 1. The number of benzene rings is 1. The van der Waals surface area contributed by atoms with Gasteiger partial charge in [-0.1, -0.05) is 30.3 Å². The van der Waals surface area contributed by atoms with E-state index >= 15 is 0 Å². The first kappa shape index (κ1) is 14.7. The van der Waals surface area contributed by atoms with Crippen LogP contribution in [0.4, 0.5) is 0 Å². The number of aliphatic hydroxyl groups excluding tert-OH is 1. The standard InChI is InChI=1S/C15H22O3/c1-15(2,3)14(17)18-11-13(16)10-9-12-7-5-4-6-8-12/h4-8,13,16H,9-11H2,1-3H3/t13-/m0/s1. The van der Waals surface area contributed by atoms with Crippen molar-refractivity contribution in [3.05, 3.63) is 35.9 Å². The zero-order valence-electron chi connectivity index (χ0n) is 11.3. The van der Waals surface area contributed by atoms with E-state index < -0.39 is 11.5 Å². The highest BCUT2D eigenvalue weighted by molar-refractivity contribution is 5.75. The fraction of sp³-hybridized carbons (Fsp3) is 0.533. The quantitative estimate of drug-likeness (QED) is 0.817. The molecule has 0 saturated heterocycles. The Kier molecular flexibility index (Phi) is 5.35. The highest BCUT2D eigenvalue weighted by Gasteiger charge is 2.23. The molecule has 1 aromatic carbocycles. The van der Waals surface area contributed by atoms with E-state index in [4.69, 9.17) is 4.74 Å². The number of aryl methyl sites for hydroxylation is 1. The molecule has 0 aliphatic rings. The van der Waals surface area contributed by atoms with Gasteiger partial charge in [0.15, 0.2) is 0 Å². The third kappa shape index (κ3) is 5.32. The molecule has 0 spiro atoms. The van der Waals surface area contributed by atoms with Gasteiger partial charge in [-0.2, -0.15) is 0 Å². The van der Waals surface area contributed by atoms with Gasteiger partial charge < -0.3 is 9.84 Å². The maximum atomic E-state index is 11.5. The topological polar surface area (TPSA) is 46.5 Å². The Bertz CT molecular complexity index is 365. The molecular formula is C15H22O3. The highest BCUT2D eigenvalue weighted by Crippen LogP contribution is 2.15. The van der Waals surface area contributed by atoms with Gasteiger partial charge in [0.1, 0.15) is 6.61 Å². The van der Waals surface area contributed by atoms with E-state index in [1.807, 2.05) is 30.3 Å². The van der Waals surface area contributed by atoms with Crippen molar-refractivity contribution >= 4 is 5.97 Å². The van der Waals surface area contributed by atoms with Crippen LogP contribution in [0.15, 0.2) is 30.3 Å². The first-order valence-electron chi connectivity index (χ1n) is 6.29. The number of ether oxygens (including phenoxy) is 1. The van der Waals surface area contributed by atoms with Crippen molar-refractivity contribution in [3.63, 3.8) is 0 Å². The van der Waals surface area contributed by atoms with Crippen molar-refractivity contribution in [2.45, 2.75) is 39.7 Å². The summed E-state index contributed by atoms with van der Waals surface area (Å²) in [5, 5.41) is 9.75. The smallest absolute Gasteiger partial charge is 0.311 e. The Balaban J connectivity index is 2.26. The van der Waals surface area contributed by atoms with E-state index in [0.29, 0.717) is 6.42 Å². The Labute approximate surface area is 109 Å². The van der Waals surface area contributed by atoms with Gasteiger partial charge in [-0.05, 0) is 39.2 Å². The van der Waals surface area contributed by atoms with E-state index in [9.17, 15) is 9.90 Å². The van der Waals surface area contributed by atoms with E-state index in [2.05, 4.69) is 0 Å². The number of aliphatic hydroxyl groups is 1. The molecule has 0 heterocycles. The monoisotopic (exact) mass is 250 g/mol. The van der Waals surface area contributed by atoms with Gasteiger partial charge in [-0.25, -0.2) is 0 Å². The Hall–Kier alpha value is -1.35. The minimum absolute atomic E-state index is 0.0724. The minimum Gasteiger partial charge on any atom is -0.463 e. The molecule has 0 aromatic heterocycles. The lowest BCUT2D eigenvalue weighted by molar-refractivity contribution is -0.156. The van der Waals surface area contributed by atoms with Crippen molar-refractivity contribution in [1.82, 2.24) is 0 Å². The summed E-state index contributed by atoms with van der Waals surface area (Å²) in [7, 11) is 0. The van der Waals surface area contributed by atoms with E-state index in [1.165, 1.54) is 5.56 Å². The van der Waals surface area contributed by atoms with Crippen LogP contribution < -0.4 is 0 Å². The molecule has 0 amide bonds. The fourth-order valence-corrected chi connectivity index (χ4v) is 1.45. The summed E-state index contributed by atoms with van der Waals surface area (Å²) < 4.78 is 5.07. The average molecular weight is 250 g/mol. The van der Waals surface area contributed by atoms with Crippen molar-refractivity contribution in [1.29, 1.82) is 0 Å². The number of esters is 1. The SMILES string of the molecule is CC(C)(C)C(=O)OC[C@@H](O)CCc1ccccc1. The molecule has 100 valence electrons. The highest BCUT2D eigenvalue weighted by atomic mass is 16.5. The van der Waals surface area contributed by atoms with Crippen molar-refractivity contribution in [3.8, 4) is 0 Å². The first-order valence-corrected chi connectivity index (χ1v) is 6.29. The number of rotatable bonds is 5. The molecule has 0 saturated carbocycles. The molecule has 3 nitrogen and oxygen atoms in total. The van der Waals surface area contributed by atoms with Gasteiger partial charge in [-0.3, -0.25) is 4.79 Å². The molecule has 0 bridgehead atoms. The summed E-state index contributed by atoms with van der Waals surface area (Å²) in [5.41, 5.74) is 0.665. The zero-order valence-corrected chi connectivity index (χ0v) is 11.3. The molecule has 1 atom stereocenters. The normalized spacial score (nSPS) is 13.1. The van der Waals surface area contributed by atoms with Crippen molar-refractivity contribution in [2.75, 3.05) is 6.61 Å². The van der Waals surface area contributed by atoms with Gasteiger partial charge in [0, 0.05) is 0 Å². The van der Waals surface area contributed by atoms with Crippen LogP contribution in [0, 0.1) is 5.41 Å². The van der Waals surface area contributed by atoms with Gasteiger partial charge in [0.2, 0.25) is 0 Å². The van der Waals surface area contributed by atoms with E-state index in [-0.39, 0.29) is 12.6 Å². The average Bonchev–Trinajstić information content (AvgIpc) is 2.33. The third-order valence-electron chi connectivity index (χ3n) is 2.63. The maximum absolute atomic E-state index is 11.5. The zero-order chi connectivity index (χ0) is 13.6. The largest absolute Gasteiger partial charge is 0.463 e. The number of carbonyl (C=O) groups excluding carboxylic acids is 1. The fourth-order valence-electron chi connectivity index (χ4n) is 1.45. The molecule has 0 fully saturated rings. The lowest BCUT2D eigenvalue weighted by Gasteiger charge is -2.18. The molecule has 0 unspecified atom stereocenters. The maximum Gasteiger partial charge on any atom is 0.311 e. The predicted molar refractivity (Wildman–Crippen MR) is 71.2 cm³/mol. The molecule has 0 aliphatic carbocycles. The van der Waals surface area contributed by atoms with Crippen molar-refractivity contribution < 1.29 is 14.6 Å². The van der Waals surface area contributed by atoms with Crippen LogP contribution in [0.5, 0.6) is 0 Å². The third-order valence-corrected chi connectivity index (χ3v) is 2.63. The van der Waals surface area contributed by atoms with Crippen LogP contribution >= 0.6 is 0 Å². The van der Waals surface area contributed by atoms with Gasteiger partial charge in [-0.15, -0.1) is 0 Å². The second kappa shape index (κ2) is 6.55. The summed E-state index contributed by atoms with van der Waals surface area (Å²) in [6, 6.07) is 9.95. The lowest BCUT2D eigenvalue weighted by Crippen LogP contribution is -2.27. The number of hydrogen-bond acceptors (Lipinski definition) is 3.